The number of hydrogen-bond acceptors (Lipinski definition) is 3. The minimum absolute atomic E-state index is 0.207. The van der Waals surface area contributed by atoms with Crippen molar-refractivity contribution in [1.82, 2.24) is 10.3 Å². The molecule has 0 radical (unpaired) electrons. The second-order valence-electron chi connectivity index (χ2n) is 6.62. The molecule has 1 saturated carbocycles. The van der Waals surface area contributed by atoms with E-state index in [1.165, 1.54) is 29.0 Å². The molecule has 1 aliphatic carbocycles. The van der Waals surface area contributed by atoms with Gasteiger partial charge in [0.15, 0.2) is 0 Å². The van der Waals surface area contributed by atoms with Gasteiger partial charge in [0, 0.05) is 17.6 Å². The first-order valence-electron chi connectivity index (χ1n) is 7.30. The highest BCUT2D eigenvalue weighted by Gasteiger charge is 2.27. The lowest BCUT2D eigenvalue weighted by atomic mass is 9.86. The Hall–Kier alpha value is -1.19. The maximum Gasteiger partial charge on any atom is 0.114 e. The van der Waals surface area contributed by atoms with E-state index in [-0.39, 0.29) is 11.5 Å². The highest BCUT2D eigenvalue weighted by molar-refractivity contribution is 7.09. The van der Waals surface area contributed by atoms with Gasteiger partial charge in [0.2, 0.25) is 0 Å². The average Bonchev–Trinajstić information content (AvgIpc) is 3.07. The van der Waals surface area contributed by atoms with Gasteiger partial charge in [0.1, 0.15) is 5.01 Å². The normalized spacial score (nSPS) is 17.1. The van der Waals surface area contributed by atoms with E-state index in [9.17, 15) is 0 Å². The van der Waals surface area contributed by atoms with Crippen molar-refractivity contribution in [2.24, 2.45) is 0 Å². The Kier molecular flexibility index (Phi) is 3.65. The Morgan fingerprint density at radius 3 is 2.40 bits per heavy atom. The number of nitrogens with zero attached hydrogens (tertiary/aromatic N) is 1. The molecular weight excluding hydrogens is 264 g/mol. The fourth-order valence-electron chi connectivity index (χ4n) is 2.35. The van der Waals surface area contributed by atoms with Crippen molar-refractivity contribution in [2.45, 2.75) is 51.1 Å². The first kappa shape index (κ1) is 13.8. The van der Waals surface area contributed by atoms with Gasteiger partial charge in [-0.1, -0.05) is 45.0 Å². The van der Waals surface area contributed by atoms with Crippen molar-refractivity contribution in [2.75, 3.05) is 0 Å². The summed E-state index contributed by atoms with van der Waals surface area (Å²) in [7, 11) is 0. The Labute approximate surface area is 125 Å². The largest absolute Gasteiger partial charge is 0.301 e. The minimum atomic E-state index is 0.207. The van der Waals surface area contributed by atoms with Gasteiger partial charge in [-0.15, -0.1) is 11.3 Å². The van der Waals surface area contributed by atoms with Gasteiger partial charge in [-0.05, 0) is 29.4 Å². The summed E-state index contributed by atoms with van der Waals surface area (Å²) in [6.07, 6.45) is 4.48. The maximum absolute atomic E-state index is 4.50. The molecule has 1 aromatic carbocycles. The highest BCUT2D eigenvalue weighted by Crippen LogP contribution is 2.31. The van der Waals surface area contributed by atoms with Gasteiger partial charge in [0.25, 0.3) is 0 Å². The molecule has 1 fully saturated rings. The molecule has 3 rings (SSSR count). The van der Waals surface area contributed by atoms with Crippen LogP contribution in [0.2, 0.25) is 0 Å². The third-order valence-electron chi connectivity index (χ3n) is 3.79. The SMILES string of the molecule is CC(C)(C)c1ccc(C(NC2CC2)c2nccs2)cc1. The molecule has 0 bridgehead atoms. The van der Waals surface area contributed by atoms with Crippen LogP contribution in [0.5, 0.6) is 0 Å². The van der Waals surface area contributed by atoms with Gasteiger partial charge in [-0.2, -0.15) is 0 Å². The van der Waals surface area contributed by atoms with E-state index in [4.69, 9.17) is 0 Å². The number of nitrogens with one attached hydrogen (secondary N) is 1. The number of rotatable bonds is 4. The Morgan fingerprint density at radius 1 is 1.20 bits per heavy atom. The third kappa shape index (κ3) is 3.10. The van der Waals surface area contributed by atoms with Crippen LogP contribution in [0.25, 0.3) is 0 Å². The van der Waals surface area contributed by atoms with E-state index in [1.807, 2.05) is 6.20 Å². The summed E-state index contributed by atoms with van der Waals surface area (Å²) in [5.41, 5.74) is 2.91. The molecule has 20 heavy (non-hydrogen) atoms. The molecule has 0 spiro atoms. The summed E-state index contributed by atoms with van der Waals surface area (Å²) < 4.78 is 0. The molecule has 1 atom stereocenters. The predicted octanol–water partition coefficient (Wildman–Crippen LogP) is 4.28. The molecule has 1 unspecified atom stereocenters. The summed E-state index contributed by atoms with van der Waals surface area (Å²) >= 11 is 1.73. The van der Waals surface area contributed by atoms with Gasteiger partial charge in [0.05, 0.1) is 6.04 Å². The molecule has 3 heteroatoms. The monoisotopic (exact) mass is 286 g/mol. The maximum atomic E-state index is 4.50. The predicted molar refractivity (Wildman–Crippen MR) is 85.3 cm³/mol. The molecule has 1 heterocycles. The molecule has 0 aliphatic heterocycles. The quantitative estimate of drug-likeness (QED) is 0.907. The van der Waals surface area contributed by atoms with Crippen LogP contribution in [-0.2, 0) is 5.41 Å². The van der Waals surface area contributed by atoms with Crippen LogP contribution in [0, 0.1) is 0 Å². The smallest absolute Gasteiger partial charge is 0.114 e. The van der Waals surface area contributed by atoms with Crippen molar-refractivity contribution in [3.63, 3.8) is 0 Å². The summed E-state index contributed by atoms with van der Waals surface area (Å²) in [5.74, 6) is 0. The first-order chi connectivity index (χ1) is 9.54. The topological polar surface area (TPSA) is 24.9 Å². The van der Waals surface area contributed by atoms with Crippen molar-refractivity contribution >= 4 is 11.3 Å². The lowest BCUT2D eigenvalue weighted by Crippen LogP contribution is -2.24. The van der Waals surface area contributed by atoms with Gasteiger partial charge in [-0.25, -0.2) is 4.98 Å². The van der Waals surface area contributed by atoms with E-state index in [0.29, 0.717) is 6.04 Å². The van der Waals surface area contributed by atoms with Gasteiger partial charge in [-0.3, -0.25) is 0 Å². The minimum Gasteiger partial charge on any atom is -0.301 e. The van der Waals surface area contributed by atoms with Crippen molar-refractivity contribution in [3.05, 3.63) is 52.0 Å². The average molecular weight is 286 g/mol. The Bertz CT molecular complexity index is 548. The number of thiazole rings is 1. The lowest BCUT2D eigenvalue weighted by molar-refractivity contribution is 0.583. The van der Waals surface area contributed by atoms with Crippen LogP contribution >= 0.6 is 11.3 Å². The number of aromatic nitrogens is 1. The number of benzene rings is 1. The molecule has 1 N–H and O–H groups in total. The molecule has 0 amide bonds. The second-order valence-corrected chi connectivity index (χ2v) is 7.54. The van der Waals surface area contributed by atoms with Crippen LogP contribution in [0.3, 0.4) is 0 Å². The fourth-order valence-corrected chi connectivity index (χ4v) is 3.07. The molecule has 1 aromatic heterocycles. The van der Waals surface area contributed by atoms with Crippen molar-refractivity contribution in [1.29, 1.82) is 0 Å². The van der Waals surface area contributed by atoms with Gasteiger partial charge >= 0.3 is 0 Å². The summed E-state index contributed by atoms with van der Waals surface area (Å²) in [6.45, 7) is 6.76. The molecule has 2 nitrogen and oxygen atoms in total. The van der Waals surface area contributed by atoms with Crippen LogP contribution in [0.15, 0.2) is 35.8 Å². The van der Waals surface area contributed by atoms with E-state index in [1.54, 1.807) is 11.3 Å². The summed E-state index contributed by atoms with van der Waals surface area (Å²) in [5, 5.41) is 6.94. The third-order valence-corrected chi connectivity index (χ3v) is 4.63. The molecule has 2 aromatic rings. The Balaban J connectivity index is 1.87. The van der Waals surface area contributed by atoms with Gasteiger partial charge < -0.3 is 5.32 Å². The van der Waals surface area contributed by atoms with Crippen molar-refractivity contribution in [3.8, 4) is 0 Å². The molecule has 1 aliphatic rings. The van der Waals surface area contributed by atoms with Crippen LogP contribution in [0.1, 0.15) is 55.8 Å². The van der Waals surface area contributed by atoms with Crippen LogP contribution in [-0.4, -0.2) is 11.0 Å². The molecular formula is C17H22N2S. The van der Waals surface area contributed by atoms with E-state index in [2.05, 4.69) is 60.7 Å². The first-order valence-corrected chi connectivity index (χ1v) is 8.18. The fraction of sp³-hybridized carbons (Fsp3) is 0.471. The number of hydrogen-bond donors (Lipinski definition) is 1. The summed E-state index contributed by atoms with van der Waals surface area (Å²) in [4.78, 5) is 4.50. The van der Waals surface area contributed by atoms with E-state index >= 15 is 0 Å². The zero-order valence-electron chi connectivity index (χ0n) is 12.4. The van der Waals surface area contributed by atoms with Crippen LogP contribution in [0.4, 0.5) is 0 Å². The zero-order chi connectivity index (χ0) is 14.2. The lowest BCUT2D eigenvalue weighted by Gasteiger charge is -2.21. The van der Waals surface area contributed by atoms with Crippen molar-refractivity contribution < 1.29 is 0 Å². The molecule has 0 saturated heterocycles. The highest BCUT2D eigenvalue weighted by atomic mass is 32.1. The molecule has 106 valence electrons. The standard InChI is InChI=1S/C17H22N2S/c1-17(2,3)13-6-4-12(5-7-13)15(19-14-8-9-14)16-18-10-11-20-16/h4-7,10-11,14-15,19H,8-9H2,1-3H3. The van der Waals surface area contributed by atoms with E-state index in [0.717, 1.165) is 0 Å². The Morgan fingerprint density at radius 2 is 1.90 bits per heavy atom. The van der Waals surface area contributed by atoms with Crippen LogP contribution < -0.4 is 5.32 Å². The van der Waals surface area contributed by atoms with E-state index < -0.39 is 0 Å². The second kappa shape index (κ2) is 5.30. The summed E-state index contributed by atoms with van der Waals surface area (Å²) in [6, 6.07) is 9.93. The zero-order valence-corrected chi connectivity index (χ0v) is 13.2.